The van der Waals surface area contributed by atoms with E-state index in [9.17, 15) is 8.42 Å². The topological polar surface area (TPSA) is 51.1 Å². The van der Waals surface area contributed by atoms with E-state index in [1.54, 1.807) is 0 Å². The van der Waals surface area contributed by atoms with E-state index < -0.39 is 9.84 Å². The molecule has 5 heteroatoms. The molecule has 0 saturated heterocycles. The van der Waals surface area contributed by atoms with E-state index in [0.717, 1.165) is 31.4 Å². The van der Waals surface area contributed by atoms with Crippen LogP contribution in [0.2, 0.25) is 0 Å². The first kappa shape index (κ1) is 16.0. The van der Waals surface area contributed by atoms with Crippen LogP contribution in [0.4, 0.5) is 0 Å². The molecular formula is C16H24N2O2S. The van der Waals surface area contributed by atoms with Gasteiger partial charge in [-0.3, -0.25) is 0 Å². The van der Waals surface area contributed by atoms with Gasteiger partial charge in [-0.25, -0.2) is 8.42 Å². The third kappa shape index (κ3) is 4.58. The summed E-state index contributed by atoms with van der Waals surface area (Å²) < 4.78 is 24.8. The fraction of sp³-hybridized carbons (Fsp3) is 0.500. The molecule has 0 atom stereocenters. The zero-order valence-electron chi connectivity index (χ0n) is 12.8. The van der Waals surface area contributed by atoms with Crippen LogP contribution in [0.5, 0.6) is 0 Å². The highest BCUT2D eigenvalue weighted by atomic mass is 32.2. The second kappa shape index (κ2) is 7.09. The number of sulfone groups is 1. The van der Waals surface area contributed by atoms with Crippen molar-refractivity contribution in [2.75, 3.05) is 25.1 Å². The number of rotatable bonds is 8. The van der Waals surface area contributed by atoms with Crippen LogP contribution >= 0.6 is 0 Å². The zero-order chi connectivity index (χ0) is 15.3. The molecule has 1 heterocycles. The number of aromatic nitrogens is 1. The van der Waals surface area contributed by atoms with E-state index in [1.807, 2.05) is 12.1 Å². The van der Waals surface area contributed by atoms with Crippen molar-refractivity contribution in [3.8, 4) is 0 Å². The number of nitrogens with one attached hydrogen (secondary N) is 1. The lowest BCUT2D eigenvalue weighted by Gasteiger charge is -2.03. The Morgan fingerprint density at radius 1 is 1.24 bits per heavy atom. The van der Waals surface area contributed by atoms with Crippen molar-refractivity contribution in [2.24, 2.45) is 0 Å². The molecule has 0 unspecified atom stereocenters. The Kier molecular flexibility index (Phi) is 5.42. The van der Waals surface area contributed by atoms with E-state index in [1.165, 1.54) is 17.2 Å². The Labute approximate surface area is 127 Å². The van der Waals surface area contributed by atoms with Crippen molar-refractivity contribution in [2.45, 2.75) is 26.3 Å². The van der Waals surface area contributed by atoms with Crippen LogP contribution in [0.15, 0.2) is 30.5 Å². The summed E-state index contributed by atoms with van der Waals surface area (Å²) in [7, 11) is -2.94. The molecule has 0 fully saturated rings. The van der Waals surface area contributed by atoms with E-state index in [0.29, 0.717) is 6.54 Å². The first-order valence-corrected chi connectivity index (χ1v) is 9.52. The quantitative estimate of drug-likeness (QED) is 0.761. The van der Waals surface area contributed by atoms with Crippen LogP contribution in [-0.2, 0) is 22.8 Å². The first-order valence-electron chi connectivity index (χ1n) is 7.46. The summed E-state index contributed by atoms with van der Waals surface area (Å²) in [6, 6.07) is 8.22. The lowest BCUT2D eigenvalue weighted by atomic mass is 10.1. The lowest BCUT2D eigenvalue weighted by molar-refractivity contribution is 0.595. The molecule has 0 saturated carbocycles. The summed E-state index contributed by atoms with van der Waals surface area (Å²) in [5.74, 6) is 0.183. The maximum Gasteiger partial charge on any atom is 0.149 e. The van der Waals surface area contributed by atoms with E-state index >= 15 is 0 Å². The molecule has 4 nitrogen and oxygen atoms in total. The second-order valence-electron chi connectivity index (χ2n) is 5.45. The monoisotopic (exact) mass is 308 g/mol. The summed E-state index contributed by atoms with van der Waals surface area (Å²) in [5.41, 5.74) is 2.43. The maximum atomic E-state index is 11.4. The van der Waals surface area contributed by atoms with Gasteiger partial charge < -0.3 is 9.88 Å². The van der Waals surface area contributed by atoms with Crippen LogP contribution in [0.1, 0.15) is 18.9 Å². The fourth-order valence-corrected chi connectivity index (χ4v) is 3.08. The zero-order valence-corrected chi connectivity index (χ0v) is 13.6. The average molecular weight is 308 g/mol. The molecule has 0 aliphatic carbocycles. The molecule has 21 heavy (non-hydrogen) atoms. The van der Waals surface area contributed by atoms with Gasteiger partial charge >= 0.3 is 0 Å². The van der Waals surface area contributed by atoms with Gasteiger partial charge in [0.2, 0.25) is 0 Å². The molecule has 0 spiro atoms. The van der Waals surface area contributed by atoms with Crippen molar-refractivity contribution in [1.82, 2.24) is 9.88 Å². The summed E-state index contributed by atoms with van der Waals surface area (Å²) in [6.07, 6.45) is 5.51. The highest BCUT2D eigenvalue weighted by Gasteiger charge is 2.09. The van der Waals surface area contributed by atoms with Crippen molar-refractivity contribution in [3.05, 3.63) is 36.0 Å². The molecule has 0 aliphatic rings. The van der Waals surface area contributed by atoms with Crippen molar-refractivity contribution >= 4 is 20.7 Å². The minimum absolute atomic E-state index is 0.183. The van der Waals surface area contributed by atoms with Gasteiger partial charge in [-0.05, 0) is 37.6 Å². The Morgan fingerprint density at radius 3 is 2.71 bits per heavy atom. The normalized spacial score (nSPS) is 12.1. The van der Waals surface area contributed by atoms with Gasteiger partial charge in [0.25, 0.3) is 0 Å². The van der Waals surface area contributed by atoms with Crippen molar-refractivity contribution in [3.63, 3.8) is 0 Å². The van der Waals surface area contributed by atoms with Crippen LogP contribution in [0, 0.1) is 0 Å². The molecule has 0 amide bonds. The summed E-state index contributed by atoms with van der Waals surface area (Å²) in [4.78, 5) is 0. The standard InChI is InChI=1S/C16H24N2O2S/c1-3-17-10-6-7-14-13-18(11-12-21(2,19)20)16-9-5-4-8-15(14)16/h4-5,8-9,13,17H,3,6-7,10-12H2,1-2H3. The van der Waals surface area contributed by atoms with Gasteiger partial charge in [-0.15, -0.1) is 0 Å². The lowest BCUT2D eigenvalue weighted by Crippen LogP contribution is -2.14. The number of benzene rings is 1. The SMILES string of the molecule is CCNCCCc1cn(CCS(C)(=O)=O)c2ccccc12. The first-order chi connectivity index (χ1) is 10.0. The second-order valence-corrected chi connectivity index (χ2v) is 7.71. The van der Waals surface area contributed by atoms with E-state index in [4.69, 9.17) is 0 Å². The molecule has 0 aliphatic heterocycles. The van der Waals surface area contributed by atoms with Crippen molar-refractivity contribution in [1.29, 1.82) is 0 Å². The largest absolute Gasteiger partial charge is 0.346 e. The van der Waals surface area contributed by atoms with E-state index in [-0.39, 0.29) is 5.75 Å². The highest BCUT2D eigenvalue weighted by molar-refractivity contribution is 7.90. The van der Waals surface area contributed by atoms with Crippen LogP contribution < -0.4 is 5.32 Å². The number of hydrogen-bond donors (Lipinski definition) is 1. The molecule has 2 rings (SSSR count). The fourth-order valence-electron chi connectivity index (χ4n) is 2.55. The predicted octanol–water partition coefficient (Wildman–Crippen LogP) is 2.23. The Balaban J connectivity index is 2.18. The number of hydrogen-bond acceptors (Lipinski definition) is 3. The number of fused-ring (bicyclic) bond motifs is 1. The predicted molar refractivity (Wildman–Crippen MR) is 88.5 cm³/mol. The summed E-state index contributed by atoms with van der Waals surface area (Å²) in [6.45, 7) is 4.64. The Hall–Kier alpha value is -1.33. The third-order valence-corrected chi connectivity index (χ3v) is 4.55. The Bertz CT molecular complexity index is 689. The molecule has 116 valence electrons. The van der Waals surface area contributed by atoms with Crippen LogP contribution in [-0.4, -0.2) is 38.1 Å². The van der Waals surface area contributed by atoms with Crippen molar-refractivity contribution < 1.29 is 8.42 Å². The number of aryl methyl sites for hydroxylation is 2. The van der Waals surface area contributed by atoms with Crippen LogP contribution in [0.25, 0.3) is 10.9 Å². The highest BCUT2D eigenvalue weighted by Crippen LogP contribution is 2.22. The van der Waals surface area contributed by atoms with Crippen LogP contribution in [0.3, 0.4) is 0 Å². The van der Waals surface area contributed by atoms with Gasteiger partial charge in [0, 0.05) is 29.9 Å². The molecule has 0 bridgehead atoms. The molecular weight excluding hydrogens is 284 g/mol. The summed E-state index contributed by atoms with van der Waals surface area (Å²) >= 11 is 0. The van der Waals surface area contributed by atoms with Gasteiger partial charge in [-0.2, -0.15) is 0 Å². The minimum Gasteiger partial charge on any atom is -0.346 e. The number of nitrogens with zero attached hydrogens (tertiary/aromatic N) is 1. The number of para-hydroxylation sites is 1. The average Bonchev–Trinajstić information content (AvgIpc) is 2.79. The molecule has 1 aromatic carbocycles. The smallest absolute Gasteiger partial charge is 0.149 e. The molecule has 0 radical (unpaired) electrons. The van der Waals surface area contributed by atoms with Gasteiger partial charge in [0.1, 0.15) is 9.84 Å². The maximum absolute atomic E-state index is 11.4. The molecule has 1 N–H and O–H groups in total. The van der Waals surface area contributed by atoms with Gasteiger partial charge in [-0.1, -0.05) is 25.1 Å². The summed E-state index contributed by atoms with van der Waals surface area (Å²) in [5, 5.41) is 4.57. The Morgan fingerprint density at radius 2 is 2.00 bits per heavy atom. The van der Waals surface area contributed by atoms with Gasteiger partial charge in [0.05, 0.1) is 5.75 Å². The third-order valence-electron chi connectivity index (χ3n) is 3.62. The van der Waals surface area contributed by atoms with E-state index in [2.05, 4.69) is 35.1 Å². The molecule has 1 aromatic heterocycles. The van der Waals surface area contributed by atoms with Gasteiger partial charge in [0.15, 0.2) is 0 Å². The minimum atomic E-state index is -2.94. The molecule has 2 aromatic rings.